The lowest BCUT2D eigenvalue weighted by molar-refractivity contribution is 0.152. The van der Waals surface area contributed by atoms with E-state index in [9.17, 15) is 4.79 Å². The van der Waals surface area contributed by atoms with Crippen molar-refractivity contribution in [3.63, 3.8) is 0 Å². The number of benzene rings is 4. The molecule has 2 aliphatic heterocycles. The monoisotopic (exact) mass is 508 g/mol. The fourth-order valence-electron chi connectivity index (χ4n) is 3.70. The van der Waals surface area contributed by atoms with E-state index in [1.807, 2.05) is 36.4 Å². The highest BCUT2D eigenvalue weighted by Crippen LogP contribution is 2.33. The summed E-state index contributed by atoms with van der Waals surface area (Å²) in [6.45, 7) is 0.450. The number of fused-ring (bicyclic) bond motifs is 2. The van der Waals surface area contributed by atoms with E-state index in [0.29, 0.717) is 34.4 Å². The predicted octanol–water partition coefficient (Wildman–Crippen LogP) is 6.22. The van der Waals surface area contributed by atoms with Gasteiger partial charge in [0, 0.05) is 12.4 Å². The van der Waals surface area contributed by atoms with Gasteiger partial charge in [0.05, 0.1) is 11.4 Å². The van der Waals surface area contributed by atoms with Crippen LogP contribution in [-0.2, 0) is 0 Å². The Bertz CT molecular complexity index is 1420. The Labute approximate surface area is 217 Å². The van der Waals surface area contributed by atoms with Crippen molar-refractivity contribution >= 4 is 30.0 Å². The summed E-state index contributed by atoms with van der Waals surface area (Å²) < 4.78 is 31.9. The normalized spacial score (nSPS) is 13.3. The van der Waals surface area contributed by atoms with Crippen LogP contribution in [0, 0.1) is 0 Å². The maximum atomic E-state index is 12.2. The van der Waals surface area contributed by atoms with Crippen LogP contribution in [0.2, 0.25) is 0 Å². The van der Waals surface area contributed by atoms with Crippen LogP contribution >= 0.6 is 0 Å². The highest BCUT2D eigenvalue weighted by Gasteiger charge is 2.13. The molecule has 0 saturated carbocycles. The molecule has 4 aromatic carbocycles. The first-order valence-corrected chi connectivity index (χ1v) is 11.7. The van der Waals surface area contributed by atoms with E-state index >= 15 is 0 Å². The standard InChI is InChI=1S/C29H20N2O7/c32-29(37-23-7-3-21(4-8-23)30-15-19-1-11-25-27(13-19)35-17-33-25)38-24-9-5-22(6-10-24)31-16-20-2-12-26-28(14-20)36-18-34-26/h1-16H,17-18H2. The molecule has 2 heterocycles. The van der Waals surface area contributed by atoms with E-state index in [-0.39, 0.29) is 13.6 Å². The zero-order chi connectivity index (χ0) is 25.7. The minimum Gasteiger partial charge on any atom is -0.454 e. The van der Waals surface area contributed by atoms with Gasteiger partial charge in [-0.05, 0) is 96.1 Å². The molecule has 0 aliphatic carbocycles. The zero-order valence-corrected chi connectivity index (χ0v) is 19.9. The highest BCUT2D eigenvalue weighted by atomic mass is 16.7. The second kappa shape index (κ2) is 10.4. The molecule has 0 radical (unpaired) electrons. The molecule has 0 amide bonds. The van der Waals surface area contributed by atoms with Crippen molar-refractivity contribution < 1.29 is 33.2 Å². The molecule has 0 fully saturated rings. The maximum Gasteiger partial charge on any atom is 0.519 e. The van der Waals surface area contributed by atoms with Gasteiger partial charge in [-0.2, -0.15) is 0 Å². The van der Waals surface area contributed by atoms with Crippen molar-refractivity contribution in [3.8, 4) is 34.5 Å². The van der Waals surface area contributed by atoms with Gasteiger partial charge in [-0.25, -0.2) is 4.79 Å². The summed E-state index contributed by atoms with van der Waals surface area (Å²) in [5.74, 6) is 3.50. The Morgan fingerprint density at radius 1 is 0.579 bits per heavy atom. The van der Waals surface area contributed by atoms with Gasteiger partial charge >= 0.3 is 6.16 Å². The van der Waals surface area contributed by atoms with E-state index in [1.54, 1.807) is 61.0 Å². The van der Waals surface area contributed by atoms with Crippen molar-refractivity contribution in [1.29, 1.82) is 0 Å². The fraction of sp³-hybridized carbons (Fsp3) is 0.0690. The number of aliphatic imine (C=N–C) groups is 2. The molecule has 9 heteroatoms. The third-order valence-corrected chi connectivity index (χ3v) is 5.59. The molecule has 0 spiro atoms. The van der Waals surface area contributed by atoms with Gasteiger partial charge in [0.1, 0.15) is 11.5 Å². The average molecular weight is 508 g/mol. The SMILES string of the molecule is O=C(Oc1ccc(N=Cc2ccc3c(c2)OCO3)cc1)Oc1ccc(N=Cc2ccc3c(c2)OCO3)cc1. The summed E-state index contributed by atoms with van der Waals surface area (Å²) in [6.07, 6.45) is 2.59. The summed E-state index contributed by atoms with van der Waals surface area (Å²) >= 11 is 0. The van der Waals surface area contributed by atoms with Crippen LogP contribution in [-0.4, -0.2) is 32.2 Å². The number of ether oxygens (including phenoxy) is 6. The second-order valence-electron chi connectivity index (χ2n) is 8.18. The number of nitrogens with zero attached hydrogens (tertiary/aromatic N) is 2. The van der Waals surface area contributed by atoms with Crippen molar-refractivity contribution in [3.05, 3.63) is 96.1 Å². The molecule has 0 bridgehead atoms. The van der Waals surface area contributed by atoms with Crippen LogP contribution in [0.15, 0.2) is 94.9 Å². The third kappa shape index (κ3) is 5.41. The second-order valence-corrected chi connectivity index (χ2v) is 8.18. The van der Waals surface area contributed by atoms with Gasteiger partial charge in [0.25, 0.3) is 0 Å². The van der Waals surface area contributed by atoms with E-state index in [4.69, 9.17) is 28.4 Å². The molecule has 188 valence electrons. The van der Waals surface area contributed by atoms with Gasteiger partial charge in [0.2, 0.25) is 13.6 Å². The number of rotatable bonds is 6. The molecular weight excluding hydrogens is 488 g/mol. The molecule has 0 saturated heterocycles. The number of carbonyl (C=O) groups excluding carboxylic acids is 1. The molecule has 4 aromatic rings. The van der Waals surface area contributed by atoms with Crippen LogP contribution in [0.3, 0.4) is 0 Å². The molecular formula is C29H20N2O7. The Morgan fingerprint density at radius 3 is 1.45 bits per heavy atom. The molecule has 6 rings (SSSR count). The summed E-state index contributed by atoms with van der Waals surface area (Å²) in [4.78, 5) is 21.1. The number of hydrogen-bond acceptors (Lipinski definition) is 9. The van der Waals surface area contributed by atoms with Crippen LogP contribution in [0.5, 0.6) is 34.5 Å². The summed E-state index contributed by atoms with van der Waals surface area (Å²) in [7, 11) is 0. The molecule has 9 nitrogen and oxygen atoms in total. The van der Waals surface area contributed by atoms with Crippen LogP contribution in [0.1, 0.15) is 11.1 Å². The lowest BCUT2D eigenvalue weighted by Crippen LogP contribution is -2.13. The highest BCUT2D eigenvalue weighted by molar-refractivity contribution is 5.84. The van der Waals surface area contributed by atoms with E-state index < -0.39 is 6.16 Å². The molecule has 38 heavy (non-hydrogen) atoms. The van der Waals surface area contributed by atoms with Gasteiger partial charge in [-0.3, -0.25) is 9.98 Å². The minimum absolute atomic E-state index is 0.225. The van der Waals surface area contributed by atoms with Crippen LogP contribution in [0.4, 0.5) is 16.2 Å². The molecule has 0 unspecified atom stereocenters. The van der Waals surface area contributed by atoms with E-state index in [1.165, 1.54) is 0 Å². The van der Waals surface area contributed by atoms with E-state index in [0.717, 1.165) is 22.6 Å². The maximum absolute atomic E-state index is 12.2. The first-order chi connectivity index (χ1) is 18.7. The first kappa shape index (κ1) is 23.1. The lowest BCUT2D eigenvalue weighted by atomic mass is 10.2. The van der Waals surface area contributed by atoms with Gasteiger partial charge < -0.3 is 28.4 Å². The summed E-state index contributed by atoms with van der Waals surface area (Å²) in [5.41, 5.74) is 3.14. The van der Waals surface area contributed by atoms with Crippen molar-refractivity contribution in [2.24, 2.45) is 9.98 Å². The number of hydrogen-bond donors (Lipinski definition) is 0. The Balaban J connectivity index is 1.01. The van der Waals surface area contributed by atoms with Gasteiger partial charge in [-0.1, -0.05) is 0 Å². The average Bonchev–Trinajstić information content (AvgIpc) is 3.61. The molecule has 0 aromatic heterocycles. The van der Waals surface area contributed by atoms with Crippen molar-refractivity contribution in [2.75, 3.05) is 13.6 Å². The Morgan fingerprint density at radius 2 is 1.00 bits per heavy atom. The first-order valence-electron chi connectivity index (χ1n) is 11.7. The molecule has 0 N–H and O–H groups in total. The van der Waals surface area contributed by atoms with E-state index in [2.05, 4.69) is 9.98 Å². The fourth-order valence-corrected chi connectivity index (χ4v) is 3.70. The topological polar surface area (TPSA) is 97.2 Å². The quantitative estimate of drug-likeness (QED) is 0.173. The Hall–Kier alpha value is -5.31. The van der Waals surface area contributed by atoms with Crippen molar-refractivity contribution in [1.82, 2.24) is 0 Å². The summed E-state index contributed by atoms with van der Waals surface area (Å²) in [5, 5.41) is 0. The minimum atomic E-state index is -0.849. The van der Waals surface area contributed by atoms with Crippen LogP contribution < -0.4 is 28.4 Å². The van der Waals surface area contributed by atoms with Crippen LogP contribution in [0.25, 0.3) is 0 Å². The summed E-state index contributed by atoms with van der Waals surface area (Å²) in [6, 6.07) is 24.7. The third-order valence-electron chi connectivity index (χ3n) is 5.59. The molecule has 2 aliphatic rings. The smallest absolute Gasteiger partial charge is 0.454 e. The predicted molar refractivity (Wildman–Crippen MR) is 139 cm³/mol. The number of carbonyl (C=O) groups is 1. The van der Waals surface area contributed by atoms with Gasteiger partial charge in [0.15, 0.2) is 23.0 Å². The van der Waals surface area contributed by atoms with Crippen molar-refractivity contribution in [2.45, 2.75) is 0 Å². The molecule has 0 atom stereocenters. The van der Waals surface area contributed by atoms with Gasteiger partial charge in [-0.15, -0.1) is 0 Å². The largest absolute Gasteiger partial charge is 0.519 e. The lowest BCUT2D eigenvalue weighted by Gasteiger charge is -2.06. The zero-order valence-electron chi connectivity index (χ0n) is 19.9. The Kier molecular flexibility index (Phi) is 6.30.